The van der Waals surface area contributed by atoms with Gasteiger partial charge in [0.1, 0.15) is 5.78 Å². The molecule has 1 aromatic carbocycles. The lowest BCUT2D eigenvalue weighted by molar-refractivity contribution is -0.129. The number of amides is 1. The van der Waals surface area contributed by atoms with Crippen LogP contribution in [0.1, 0.15) is 32.8 Å². The molecule has 0 saturated carbocycles. The Morgan fingerprint density at radius 3 is 2.56 bits per heavy atom. The van der Waals surface area contributed by atoms with Crippen LogP contribution in [0.3, 0.4) is 0 Å². The number of hydrogen-bond acceptors (Lipinski definition) is 2. The lowest BCUT2D eigenvalue weighted by Crippen LogP contribution is -2.38. The predicted molar refractivity (Wildman–Crippen MR) is 71.7 cm³/mol. The molecule has 0 spiro atoms. The average Bonchev–Trinajstić information content (AvgIpc) is 2.53. The average molecular weight is 245 g/mol. The number of carbonyl (C=O) groups excluding carboxylic acids is 2. The number of Topliss-reactive ketones (excluding diaryl/α,β-unsaturated/α-hetero) is 1. The first-order valence-electron chi connectivity index (χ1n) is 6.28. The first-order chi connectivity index (χ1) is 8.38. The number of para-hydroxylation sites is 1. The van der Waals surface area contributed by atoms with Crippen molar-refractivity contribution in [2.75, 3.05) is 11.9 Å². The number of likely N-dealkylation sites (N-methyl/N-ethyl adjacent to an activating group) is 1. The van der Waals surface area contributed by atoms with Crippen molar-refractivity contribution in [2.45, 2.75) is 32.6 Å². The number of benzene rings is 1. The van der Waals surface area contributed by atoms with E-state index in [0.717, 1.165) is 11.3 Å². The number of ketones is 1. The van der Waals surface area contributed by atoms with E-state index >= 15 is 0 Å². The van der Waals surface area contributed by atoms with Crippen LogP contribution in [0.25, 0.3) is 0 Å². The van der Waals surface area contributed by atoms with Gasteiger partial charge in [-0.05, 0) is 18.6 Å². The highest BCUT2D eigenvalue weighted by Crippen LogP contribution is 2.43. The Bertz CT molecular complexity index is 507. The summed E-state index contributed by atoms with van der Waals surface area (Å²) in [5.74, 6) is 0.112. The summed E-state index contributed by atoms with van der Waals surface area (Å²) in [5.41, 5.74) is 1.18. The molecule has 0 bridgehead atoms. The van der Waals surface area contributed by atoms with Crippen LogP contribution < -0.4 is 4.90 Å². The van der Waals surface area contributed by atoms with Crippen LogP contribution in [0.4, 0.5) is 5.69 Å². The van der Waals surface area contributed by atoms with Crippen molar-refractivity contribution in [3.05, 3.63) is 29.8 Å². The van der Waals surface area contributed by atoms with E-state index in [-0.39, 0.29) is 24.0 Å². The molecule has 1 aliphatic rings. The fourth-order valence-electron chi connectivity index (χ4n) is 2.55. The number of nitrogens with zero attached hydrogens (tertiary/aromatic N) is 1. The van der Waals surface area contributed by atoms with Crippen molar-refractivity contribution in [3.63, 3.8) is 0 Å². The molecule has 0 saturated heterocycles. The zero-order valence-electron chi connectivity index (χ0n) is 11.4. The third-order valence-electron chi connectivity index (χ3n) is 3.81. The Balaban J connectivity index is 2.44. The van der Waals surface area contributed by atoms with Crippen LogP contribution in [-0.2, 0) is 15.0 Å². The molecule has 0 radical (unpaired) electrons. The van der Waals surface area contributed by atoms with Gasteiger partial charge in [-0.25, -0.2) is 0 Å². The van der Waals surface area contributed by atoms with Crippen LogP contribution in [0.5, 0.6) is 0 Å². The lowest BCUT2D eigenvalue weighted by atomic mass is 9.77. The van der Waals surface area contributed by atoms with Crippen LogP contribution in [0, 0.1) is 5.92 Å². The van der Waals surface area contributed by atoms with Gasteiger partial charge in [0, 0.05) is 25.1 Å². The minimum absolute atomic E-state index is 0.0118. The maximum absolute atomic E-state index is 12.4. The molecule has 1 aromatic rings. The molecule has 0 aliphatic carbocycles. The molecule has 3 nitrogen and oxygen atoms in total. The molecular weight excluding hydrogens is 226 g/mol. The zero-order valence-corrected chi connectivity index (χ0v) is 11.4. The third-order valence-corrected chi connectivity index (χ3v) is 3.81. The molecule has 96 valence electrons. The van der Waals surface area contributed by atoms with E-state index in [1.807, 2.05) is 45.0 Å². The Morgan fingerprint density at radius 1 is 1.33 bits per heavy atom. The van der Waals surface area contributed by atoms with Crippen molar-refractivity contribution in [1.82, 2.24) is 0 Å². The van der Waals surface area contributed by atoms with E-state index < -0.39 is 5.41 Å². The Morgan fingerprint density at radius 2 is 1.94 bits per heavy atom. The minimum Gasteiger partial charge on any atom is -0.314 e. The summed E-state index contributed by atoms with van der Waals surface area (Å²) in [6.45, 7) is 5.62. The highest BCUT2D eigenvalue weighted by molar-refractivity contribution is 6.09. The third kappa shape index (κ3) is 1.74. The molecule has 1 heterocycles. The first-order valence-corrected chi connectivity index (χ1v) is 6.28. The van der Waals surface area contributed by atoms with Gasteiger partial charge >= 0.3 is 0 Å². The monoisotopic (exact) mass is 245 g/mol. The van der Waals surface area contributed by atoms with E-state index in [4.69, 9.17) is 0 Å². The van der Waals surface area contributed by atoms with Crippen molar-refractivity contribution in [2.24, 2.45) is 5.92 Å². The molecular formula is C15H19NO2. The largest absolute Gasteiger partial charge is 0.314 e. The molecule has 1 atom stereocenters. The molecule has 2 rings (SSSR count). The number of fused-ring (bicyclic) bond motifs is 1. The molecule has 1 aliphatic heterocycles. The van der Waals surface area contributed by atoms with Crippen LogP contribution in [0.15, 0.2) is 24.3 Å². The normalized spacial score (nSPS) is 22.5. The first kappa shape index (κ1) is 12.8. The SMILES string of the molecule is CC(C)C(=O)CC1(C)C(=O)N(C)c2ccccc21. The molecule has 0 N–H and O–H groups in total. The van der Waals surface area contributed by atoms with E-state index in [9.17, 15) is 9.59 Å². The van der Waals surface area contributed by atoms with Gasteiger partial charge < -0.3 is 4.90 Å². The molecule has 1 unspecified atom stereocenters. The maximum Gasteiger partial charge on any atom is 0.237 e. The van der Waals surface area contributed by atoms with Gasteiger partial charge in [0.15, 0.2) is 0 Å². The summed E-state index contributed by atoms with van der Waals surface area (Å²) in [7, 11) is 1.77. The van der Waals surface area contributed by atoms with Crippen LogP contribution in [-0.4, -0.2) is 18.7 Å². The molecule has 3 heteroatoms. The number of anilines is 1. The van der Waals surface area contributed by atoms with E-state index in [2.05, 4.69) is 0 Å². The summed E-state index contributed by atoms with van der Waals surface area (Å²) >= 11 is 0. The fourth-order valence-corrected chi connectivity index (χ4v) is 2.55. The van der Waals surface area contributed by atoms with Gasteiger partial charge in [-0.1, -0.05) is 32.0 Å². The Labute approximate surface area is 108 Å². The van der Waals surface area contributed by atoms with Gasteiger partial charge in [-0.2, -0.15) is 0 Å². The van der Waals surface area contributed by atoms with Gasteiger partial charge in [0.2, 0.25) is 5.91 Å². The number of hydrogen-bond donors (Lipinski definition) is 0. The summed E-state index contributed by atoms with van der Waals surface area (Å²) in [5, 5.41) is 0. The van der Waals surface area contributed by atoms with Crippen molar-refractivity contribution < 1.29 is 9.59 Å². The molecule has 1 amide bonds. The second-order valence-corrected chi connectivity index (χ2v) is 5.51. The highest BCUT2D eigenvalue weighted by Gasteiger charge is 2.47. The summed E-state index contributed by atoms with van der Waals surface area (Å²) < 4.78 is 0. The lowest BCUT2D eigenvalue weighted by Gasteiger charge is -2.23. The van der Waals surface area contributed by atoms with Gasteiger partial charge in [0.05, 0.1) is 5.41 Å². The van der Waals surface area contributed by atoms with Crippen LogP contribution >= 0.6 is 0 Å². The maximum atomic E-state index is 12.4. The topological polar surface area (TPSA) is 37.4 Å². The standard InChI is InChI=1S/C15H19NO2/c1-10(2)13(17)9-15(3)11-7-5-6-8-12(11)16(4)14(15)18/h5-8,10H,9H2,1-4H3. The van der Waals surface area contributed by atoms with Gasteiger partial charge in [-0.15, -0.1) is 0 Å². The van der Waals surface area contributed by atoms with Crippen molar-refractivity contribution in [3.8, 4) is 0 Å². The van der Waals surface area contributed by atoms with Crippen molar-refractivity contribution >= 4 is 17.4 Å². The molecule has 0 fully saturated rings. The fraction of sp³-hybridized carbons (Fsp3) is 0.467. The minimum atomic E-state index is -0.702. The highest BCUT2D eigenvalue weighted by atomic mass is 16.2. The van der Waals surface area contributed by atoms with Crippen LogP contribution in [0.2, 0.25) is 0 Å². The smallest absolute Gasteiger partial charge is 0.237 e. The summed E-state index contributed by atoms with van der Waals surface area (Å²) in [6, 6.07) is 7.71. The predicted octanol–water partition coefficient (Wildman–Crippen LogP) is 2.54. The van der Waals surface area contributed by atoms with Crippen molar-refractivity contribution in [1.29, 1.82) is 0 Å². The van der Waals surface area contributed by atoms with E-state index in [1.54, 1.807) is 11.9 Å². The summed E-state index contributed by atoms with van der Waals surface area (Å²) in [6.07, 6.45) is 0.283. The molecule has 18 heavy (non-hydrogen) atoms. The Hall–Kier alpha value is -1.64. The molecule has 0 aromatic heterocycles. The summed E-state index contributed by atoms with van der Waals surface area (Å²) in [4.78, 5) is 26.1. The quantitative estimate of drug-likeness (QED) is 0.820. The second-order valence-electron chi connectivity index (χ2n) is 5.51. The number of carbonyl (C=O) groups is 2. The zero-order chi connectivity index (χ0) is 13.5. The van der Waals surface area contributed by atoms with Gasteiger partial charge in [0.25, 0.3) is 0 Å². The van der Waals surface area contributed by atoms with E-state index in [1.165, 1.54) is 0 Å². The number of rotatable bonds is 3. The van der Waals surface area contributed by atoms with E-state index in [0.29, 0.717) is 0 Å². The Kier molecular flexibility index (Phi) is 3.01. The van der Waals surface area contributed by atoms with Gasteiger partial charge in [-0.3, -0.25) is 9.59 Å². The second kappa shape index (κ2) is 4.23.